The molecule has 6 fully saturated rings. The maximum absolute atomic E-state index is 12.8. The van der Waals surface area contributed by atoms with E-state index in [2.05, 4.69) is 76.5 Å². The van der Waals surface area contributed by atoms with Crippen LogP contribution in [0.1, 0.15) is 112 Å². The molecule has 6 aromatic heterocycles. The summed E-state index contributed by atoms with van der Waals surface area (Å²) in [6, 6.07) is 28.2. The summed E-state index contributed by atoms with van der Waals surface area (Å²) in [7, 11) is 4.84. The molecule has 30 heteroatoms. The standard InChI is InChI=1S/3C23H24F3N5OS.6H2/c3*1-27-20(32)14-2-4-15(5-3-14)30-16-6-7-22(9-16)11-31(12-22)19-18-8-17(10-23(24,25)26)33-21(18)29-13-28-19;;;;;;/h3*2-5,8,13,16,30H,6-7,9-12H2,1H3,(H,27,32);6*1H/t2*16-;;;;;;;/m10......./s1. The normalized spacial score (nSPS) is 19.6. The van der Waals surface area contributed by atoms with Crippen LogP contribution in [0.15, 0.2) is 110 Å². The van der Waals surface area contributed by atoms with Gasteiger partial charge in [-0.15, -0.1) is 34.0 Å². The Hall–Kier alpha value is -8.64. The maximum atomic E-state index is 12.8. The topological polar surface area (TPSA) is 210 Å². The van der Waals surface area contributed by atoms with Gasteiger partial charge in [0.15, 0.2) is 0 Å². The van der Waals surface area contributed by atoms with Crippen molar-refractivity contribution in [2.45, 2.75) is 114 Å². The number of aromatic nitrogens is 6. The van der Waals surface area contributed by atoms with E-state index in [1.165, 1.54) is 19.0 Å². The van der Waals surface area contributed by atoms with Crippen molar-refractivity contribution in [3.05, 3.63) is 141 Å². The van der Waals surface area contributed by atoms with Crippen LogP contribution in [0.25, 0.3) is 30.6 Å². The molecule has 18 nitrogen and oxygen atoms in total. The average Bonchev–Trinajstić information content (AvgIpc) is 1.67. The molecule has 3 aliphatic carbocycles. The summed E-state index contributed by atoms with van der Waals surface area (Å²) in [4.78, 5) is 69.9. The Kier molecular flexibility index (Phi) is 19.1. The predicted molar refractivity (Wildman–Crippen MR) is 381 cm³/mol. The van der Waals surface area contributed by atoms with Gasteiger partial charge in [-0.1, -0.05) is 0 Å². The molecular weight excluding hydrogens is 1350 g/mol. The molecule has 534 valence electrons. The van der Waals surface area contributed by atoms with E-state index in [4.69, 9.17) is 0 Å². The second kappa shape index (κ2) is 27.5. The molecule has 9 heterocycles. The molecule has 3 saturated heterocycles. The molecule has 3 atom stereocenters. The number of nitrogens with zero attached hydrogens (tertiary/aromatic N) is 9. The van der Waals surface area contributed by atoms with Crippen molar-refractivity contribution in [3.8, 4) is 0 Å². The van der Waals surface area contributed by atoms with Crippen LogP contribution in [0.3, 0.4) is 0 Å². The van der Waals surface area contributed by atoms with E-state index in [0.29, 0.717) is 65.5 Å². The van der Waals surface area contributed by atoms with E-state index in [-0.39, 0.29) is 57.2 Å². The van der Waals surface area contributed by atoms with Crippen molar-refractivity contribution < 1.29 is 62.5 Å². The highest BCUT2D eigenvalue weighted by Crippen LogP contribution is 2.52. The Labute approximate surface area is 584 Å². The zero-order valence-corrected chi connectivity index (χ0v) is 56.7. The molecule has 3 spiro atoms. The highest BCUT2D eigenvalue weighted by molar-refractivity contribution is 7.19. The molecule has 15 rings (SSSR count). The number of anilines is 6. The maximum Gasteiger partial charge on any atom is 0.393 e. The predicted octanol–water partition coefficient (Wildman–Crippen LogP) is 15.4. The van der Waals surface area contributed by atoms with Crippen LogP contribution in [0.2, 0.25) is 0 Å². The summed E-state index contributed by atoms with van der Waals surface area (Å²) >= 11 is 3.26. The van der Waals surface area contributed by atoms with Gasteiger partial charge < -0.3 is 46.6 Å². The molecule has 6 N–H and O–H groups in total. The van der Waals surface area contributed by atoms with Crippen LogP contribution in [-0.4, -0.2) is 145 Å². The van der Waals surface area contributed by atoms with Gasteiger partial charge in [0.25, 0.3) is 17.7 Å². The molecule has 6 aliphatic rings. The summed E-state index contributed by atoms with van der Waals surface area (Å²) in [6.45, 7) is 5.07. The Morgan fingerprint density at radius 1 is 0.424 bits per heavy atom. The number of thiophene rings is 3. The van der Waals surface area contributed by atoms with E-state index >= 15 is 0 Å². The van der Waals surface area contributed by atoms with E-state index in [0.717, 1.165) is 166 Å². The summed E-state index contributed by atoms with van der Waals surface area (Å²) in [5.74, 6) is 1.88. The van der Waals surface area contributed by atoms with Crippen molar-refractivity contribution in [2.75, 3.05) is 91.1 Å². The minimum Gasteiger partial charge on any atom is -0.382 e. The van der Waals surface area contributed by atoms with Crippen molar-refractivity contribution in [1.82, 2.24) is 45.9 Å². The van der Waals surface area contributed by atoms with Gasteiger partial charge in [-0.05, 0) is 149 Å². The molecule has 3 amide bonds. The summed E-state index contributed by atoms with van der Waals surface area (Å²) < 4.78 is 115. The lowest BCUT2D eigenvalue weighted by atomic mass is 9.78. The number of alkyl halides is 9. The van der Waals surface area contributed by atoms with Gasteiger partial charge >= 0.3 is 18.5 Å². The fraction of sp³-hybridized carbons (Fsp3) is 0.435. The quantitative estimate of drug-likeness (QED) is 0.0527. The lowest BCUT2D eigenvalue weighted by molar-refractivity contribution is -0.127. The minimum absolute atomic E-state index is 0. The number of carbonyl (C=O) groups excluding carboxylic acids is 3. The van der Waals surface area contributed by atoms with Crippen LogP contribution < -0.4 is 46.6 Å². The van der Waals surface area contributed by atoms with Crippen LogP contribution in [0.5, 0.6) is 0 Å². The monoisotopic (exact) mass is 1440 g/mol. The van der Waals surface area contributed by atoms with Gasteiger partial charge in [0.2, 0.25) is 0 Å². The largest absolute Gasteiger partial charge is 0.393 e. The van der Waals surface area contributed by atoms with Gasteiger partial charge in [0.1, 0.15) is 50.9 Å². The van der Waals surface area contributed by atoms with Gasteiger partial charge in [-0.2, -0.15) is 39.5 Å². The van der Waals surface area contributed by atoms with Crippen molar-refractivity contribution >= 4 is 117 Å². The molecule has 99 heavy (non-hydrogen) atoms. The number of fused-ring (bicyclic) bond motifs is 3. The van der Waals surface area contributed by atoms with Crippen LogP contribution in [0, 0.1) is 16.2 Å². The third-order valence-corrected chi connectivity index (χ3v) is 22.7. The molecule has 1 unspecified atom stereocenters. The average molecular weight is 1440 g/mol. The van der Waals surface area contributed by atoms with Crippen LogP contribution in [0.4, 0.5) is 74.0 Å². The van der Waals surface area contributed by atoms with E-state index in [1.54, 1.807) is 39.3 Å². The number of halogens is 9. The fourth-order valence-electron chi connectivity index (χ4n) is 15.2. The number of benzene rings is 3. The number of hydrogen-bond donors (Lipinski definition) is 6. The van der Waals surface area contributed by atoms with E-state index < -0.39 is 37.8 Å². The lowest BCUT2D eigenvalue weighted by Gasteiger charge is -2.49. The van der Waals surface area contributed by atoms with Crippen molar-refractivity contribution in [1.29, 1.82) is 0 Å². The summed E-state index contributed by atoms with van der Waals surface area (Å²) in [5, 5.41) is 20.7. The highest BCUT2D eigenvalue weighted by atomic mass is 32.1. The zero-order valence-electron chi connectivity index (χ0n) is 54.2. The third-order valence-electron chi connectivity index (χ3n) is 19.6. The molecule has 3 aliphatic heterocycles. The number of rotatable bonds is 15. The Morgan fingerprint density at radius 3 is 0.909 bits per heavy atom. The van der Waals surface area contributed by atoms with E-state index in [9.17, 15) is 53.9 Å². The van der Waals surface area contributed by atoms with Gasteiger partial charge in [-0.3, -0.25) is 14.4 Å². The van der Waals surface area contributed by atoms with Gasteiger partial charge in [-0.25, -0.2) is 29.9 Å². The van der Waals surface area contributed by atoms with Gasteiger partial charge in [0, 0.05) is 152 Å². The summed E-state index contributed by atoms with van der Waals surface area (Å²) in [5.41, 5.74) is 5.46. The third kappa shape index (κ3) is 15.9. The zero-order chi connectivity index (χ0) is 69.7. The number of amides is 3. The Morgan fingerprint density at radius 2 is 0.677 bits per heavy atom. The summed E-state index contributed by atoms with van der Waals surface area (Å²) in [6.07, 6.45) is -1.66. The smallest absolute Gasteiger partial charge is 0.382 e. The molecule has 9 aromatic rings. The molecule has 3 saturated carbocycles. The second-order valence-corrected chi connectivity index (χ2v) is 30.4. The van der Waals surface area contributed by atoms with E-state index in [1.807, 2.05) is 72.8 Å². The van der Waals surface area contributed by atoms with Crippen molar-refractivity contribution in [2.24, 2.45) is 16.2 Å². The Balaban J connectivity index is 0.000000214. The van der Waals surface area contributed by atoms with Crippen molar-refractivity contribution in [3.63, 3.8) is 0 Å². The first kappa shape index (κ1) is 68.9. The number of hydrogen-bond acceptors (Lipinski definition) is 18. The fourth-order valence-corrected chi connectivity index (χ4v) is 18.2. The first-order valence-electron chi connectivity index (χ1n) is 32.6. The minimum atomic E-state index is -4.23. The highest BCUT2D eigenvalue weighted by Gasteiger charge is 2.52. The first-order valence-corrected chi connectivity index (χ1v) is 35.1. The second-order valence-electron chi connectivity index (χ2n) is 27.1. The van der Waals surface area contributed by atoms with Crippen LogP contribution >= 0.6 is 34.0 Å². The van der Waals surface area contributed by atoms with Gasteiger partial charge in [0.05, 0.1) is 35.4 Å². The molecule has 0 radical (unpaired) electrons. The SMILES string of the molecule is CNC(=O)c1ccc(NC2CCC3(C2)CN(c2ncnc4sc(CC(F)(F)F)cc24)C3)cc1.CNC(=O)c1ccc(N[C@@H]2CCC3(C2)CN(c2ncnc4sc(CC(F)(F)F)cc24)C3)cc1.CNC(=O)c1ccc(N[C@H]2CCC3(C2)CN(c2ncnc4sc(CC(F)(F)F)cc24)C3)cc1.[HH].[HH].[HH].[HH].[HH].[HH]. The molecule has 3 aromatic carbocycles. The molecule has 0 bridgehead atoms. The Bertz CT molecular complexity index is 3990. The van der Waals surface area contributed by atoms with Crippen LogP contribution in [-0.2, 0) is 19.3 Å². The lowest BCUT2D eigenvalue weighted by Crippen LogP contribution is -2.56. The number of nitrogens with one attached hydrogen (secondary N) is 6. The number of carbonyl (C=O) groups is 3. The first-order chi connectivity index (χ1) is 47.2. The molecular formula is C69H84F9N15O3S3.